The van der Waals surface area contributed by atoms with Gasteiger partial charge in [0, 0.05) is 12.5 Å². The molecule has 4 heteroatoms. The number of benzene rings is 1. The van der Waals surface area contributed by atoms with E-state index >= 15 is 0 Å². The third-order valence-corrected chi connectivity index (χ3v) is 3.20. The highest BCUT2D eigenvalue weighted by Crippen LogP contribution is 2.30. The molecule has 4 nitrogen and oxygen atoms in total. The van der Waals surface area contributed by atoms with Crippen LogP contribution in [0.3, 0.4) is 0 Å². The Morgan fingerprint density at radius 3 is 2.94 bits per heavy atom. The van der Waals surface area contributed by atoms with Gasteiger partial charge < -0.3 is 15.6 Å². The van der Waals surface area contributed by atoms with Gasteiger partial charge in [-0.25, -0.2) is 0 Å². The van der Waals surface area contributed by atoms with Crippen LogP contribution in [0.2, 0.25) is 0 Å². The van der Waals surface area contributed by atoms with Gasteiger partial charge in [-0.2, -0.15) is 0 Å². The van der Waals surface area contributed by atoms with E-state index < -0.39 is 5.97 Å². The molecule has 1 aliphatic rings. The van der Waals surface area contributed by atoms with Crippen LogP contribution in [0.4, 0.5) is 0 Å². The summed E-state index contributed by atoms with van der Waals surface area (Å²) in [6, 6.07) is 4.09. The number of methoxy groups -OCH3 is 1. The maximum atomic E-state index is 10.6. The molecule has 0 aliphatic heterocycles. The van der Waals surface area contributed by atoms with E-state index in [2.05, 4.69) is 0 Å². The monoisotopic (exact) mass is 235 g/mol. The Kier molecular flexibility index (Phi) is 3.33. The average molecular weight is 235 g/mol. The number of ether oxygens (including phenoxy) is 1. The normalized spacial score (nSPS) is 17.9. The molecule has 0 saturated carbocycles. The van der Waals surface area contributed by atoms with E-state index in [0.717, 1.165) is 24.2 Å². The van der Waals surface area contributed by atoms with Gasteiger partial charge in [-0.15, -0.1) is 0 Å². The number of hydrogen-bond acceptors (Lipinski definition) is 3. The Labute approximate surface area is 100 Å². The van der Waals surface area contributed by atoms with Crippen molar-refractivity contribution in [1.82, 2.24) is 0 Å². The van der Waals surface area contributed by atoms with Crippen LogP contribution >= 0.6 is 0 Å². The molecule has 0 fully saturated rings. The minimum absolute atomic E-state index is 0.148. The molecule has 1 aromatic carbocycles. The maximum absolute atomic E-state index is 10.6. The van der Waals surface area contributed by atoms with Gasteiger partial charge in [0.1, 0.15) is 5.75 Å². The second kappa shape index (κ2) is 4.75. The number of carbonyl (C=O) groups is 1. The summed E-state index contributed by atoms with van der Waals surface area (Å²) >= 11 is 0. The fourth-order valence-electron chi connectivity index (χ4n) is 2.41. The summed E-state index contributed by atoms with van der Waals surface area (Å²) in [5, 5.41) is 8.75. The number of rotatable bonds is 4. The van der Waals surface area contributed by atoms with Gasteiger partial charge in [0.15, 0.2) is 0 Å². The number of fused-ring (bicyclic) bond motifs is 1. The third-order valence-electron chi connectivity index (χ3n) is 3.20. The predicted molar refractivity (Wildman–Crippen MR) is 64.3 cm³/mol. The molecule has 0 radical (unpaired) electrons. The molecule has 0 saturated heterocycles. The van der Waals surface area contributed by atoms with E-state index in [9.17, 15) is 4.79 Å². The number of aryl methyl sites for hydroxylation is 1. The third kappa shape index (κ3) is 2.58. The Bertz CT molecular complexity index is 443. The van der Waals surface area contributed by atoms with E-state index in [1.54, 1.807) is 7.11 Å². The molecular formula is C13H17NO3. The molecule has 2 rings (SSSR count). The second-order valence-electron chi connectivity index (χ2n) is 4.49. The van der Waals surface area contributed by atoms with Crippen LogP contribution in [0.5, 0.6) is 5.75 Å². The van der Waals surface area contributed by atoms with Gasteiger partial charge in [-0.1, -0.05) is 0 Å². The number of carboxylic acid groups (broad SMARTS) is 1. The number of nitrogens with two attached hydrogens (primary N) is 1. The van der Waals surface area contributed by atoms with Crippen molar-refractivity contribution < 1.29 is 14.6 Å². The topological polar surface area (TPSA) is 72.5 Å². The van der Waals surface area contributed by atoms with Crippen LogP contribution in [0.15, 0.2) is 12.1 Å². The lowest BCUT2D eigenvalue weighted by Crippen LogP contribution is -2.19. The van der Waals surface area contributed by atoms with Crippen molar-refractivity contribution in [1.29, 1.82) is 0 Å². The lowest BCUT2D eigenvalue weighted by atomic mass is 9.99. The van der Waals surface area contributed by atoms with Crippen molar-refractivity contribution in [3.05, 3.63) is 28.8 Å². The predicted octanol–water partition coefficient (Wildman–Crippen LogP) is 1.14. The Morgan fingerprint density at radius 1 is 1.53 bits per heavy atom. The Morgan fingerprint density at radius 2 is 2.29 bits per heavy atom. The van der Waals surface area contributed by atoms with E-state index in [1.165, 1.54) is 11.1 Å². The van der Waals surface area contributed by atoms with Crippen molar-refractivity contribution in [2.75, 3.05) is 7.11 Å². The highest BCUT2D eigenvalue weighted by molar-refractivity contribution is 5.67. The van der Waals surface area contributed by atoms with Crippen LogP contribution in [-0.4, -0.2) is 24.2 Å². The van der Waals surface area contributed by atoms with Gasteiger partial charge in [-0.3, -0.25) is 4.79 Å². The molecule has 0 spiro atoms. The maximum Gasteiger partial charge on any atom is 0.303 e. The molecule has 1 aliphatic carbocycles. The number of aliphatic carboxylic acids is 1. The van der Waals surface area contributed by atoms with Crippen LogP contribution in [-0.2, 0) is 24.1 Å². The van der Waals surface area contributed by atoms with Gasteiger partial charge in [0.05, 0.1) is 7.11 Å². The van der Waals surface area contributed by atoms with E-state index in [1.807, 2.05) is 12.1 Å². The molecule has 3 N–H and O–H groups in total. The summed E-state index contributed by atoms with van der Waals surface area (Å²) in [6.07, 6.45) is 2.39. The van der Waals surface area contributed by atoms with Crippen LogP contribution in [0.1, 0.15) is 23.1 Å². The molecule has 92 valence electrons. The molecule has 1 aromatic rings. The van der Waals surface area contributed by atoms with E-state index in [0.29, 0.717) is 6.42 Å². The summed E-state index contributed by atoms with van der Waals surface area (Å²) in [5.74, 6) is 0.0158. The zero-order valence-electron chi connectivity index (χ0n) is 9.90. The number of carboxylic acids is 1. The molecular weight excluding hydrogens is 218 g/mol. The number of hydrogen-bond donors (Lipinski definition) is 2. The summed E-state index contributed by atoms with van der Waals surface area (Å²) in [7, 11) is 1.62. The molecule has 17 heavy (non-hydrogen) atoms. The summed E-state index contributed by atoms with van der Waals surface area (Å²) in [5.41, 5.74) is 9.44. The molecule has 0 aromatic heterocycles. The second-order valence-corrected chi connectivity index (χ2v) is 4.49. The zero-order chi connectivity index (χ0) is 12.4. The van der Waals surface area contributed by atoms with Crippen molar-refractivity contribution in [3.63, 3.8) is 0 Å². The largest absolute Gasteiger partial charge is 0.497 e. The fraction of sp³-hybridized carbons (Fsp3) is 0.462. The van der Waals surface area contributed by atoms with Crippen molar-refractivity contribution in [3.8, 4) is 5.75 Å². The zero-order valence-corrected chi connectivity index (χ0v) is 9.90. The highest BCUT2D eigenvalue weighted by atomic mass is 16.5. The summed E-state index contributed by atoms with van der Waals surface area (Å²) in [4.78, 5) is 10.6. The van der Waals surface area contributed by atoms with E-state index in [4.69, 9.17) is 15.6 Å². The van der Waals surface area contributed by atoms with Gasteiger partial charge in [0.25, 0.3) is 0 Å². The van der Waals surface area contributed by atoms with Crippen LogP contribution in [0, 0.1) is 0 Å². The highest BCUT2D eigenvalue weighted by Gasteiger charge is 2.22. The summed E-state index contributed by atoms with van der Waals surface area (Å²) < 4.78 is 5.23. The first-order valence-electron chi connectivity index (χ1n) is 5.76. The van der Waals surface area contributed by atoms with Crippen molar-refractivity contribution in [2.45, 2.75) is 31.7 Å². The SMILES string of the molecule is COc1cc(CCC(=O)O)c2c(c1)CC(N)C2. The van der Waals surface area contributed by atoms with Gasteiger partial charge in [0.2, 0.25) is 0 Å². The first kappa shape index (κ1) is 11.9. The Hall–Kier alpha value is -1.55. The summed E-state index contributed by atoms with van der Waals surface area (Å²) in [6.45, 7) is 0. The first-order chi connectivity index (χ1) is 8.10. The van der Waals surface area contributed by atoms with E-state index in [-0.39, 0.29) is 12.5 Å². The van der Waals surface area contributed by atoms with Gasteiger partial charge >= 0.3 is 5.97 Å². The fourth-order valence-corrected chi connectivity index (χ4v) is 2.41. The quantitative estimate of drug-likeness (QED) is 0.820. The van der Waals surface area contributed by atoms with Crippen molar-refractivity contribution >= 4 is 5.97 Å². The lowest BCUT2D eigenvalue weighted by Gasteiger charge is -2.10. The molecule has 0 amide bonds. The minimum atomic E-state index is -0.774. The molecule has 1 unspecified atom stereocenters. The lowest BCUT2D eigenvalue weighted by molar-refractivity contribution is -0.136. The first-order valence-corrected chi connectivity index (χ1v) is 5.76. The smallest absolute Gasteiger partial charge is 0.303 e. The average Bonchev–Trinajstić information content (AvgIpc) is 2.65. The van der Waals surface area contributed by atoms with Crippen molar-refractivity contribution in [2.24, 2.45) is 5.73 Å². The van der Waals surface area contributed by atoms with Crippen LogP contribution in [0.25, 0.3) is 0 Å². The standard InChI is InChI=1S/C13H17NO3/c1-17-11-5-8(2-3-13(15)16)12-7-10(14)4-9(12)6-11/h5-6,10H,2-4,7,14H2,1H3,(H,15,16). The van der Waals surface area contributed by atoms with Gasteiger partial charge in [-0.05, 0) is 48.1 Å². The molecule has 0 heterocycles. The Balaban J connectivity index is 2.30. The minimum Gasteiger partial charge on any atom is -0.497 e. The molecule has 1 atom stereocenters. The molecule has 0 bridgehead atoms. The van der Waals surface area contributed by atoms with Crippen LogP contribution < -0.4 is 10.5 Å².